The van der Waals surface area contributed by atoms with Crippen molar-refractivity contribution in [2.75, 3.05) is 0 Å². The average Bonchev–Trinajstić information content (AvgIpc) is 2.36. The highest BCUT2D eigenvalue weighted by atomic mass is 14.6. The number of benzene rings is 1. The number of rotatable bonds is 1. The van der Waals surface area contributed by atoms with Gasteiger partial charge in [-0.15, -0.1) is 0 Å². The summed E-state index contributed by atoms with van der Waals surface area (Å²) < 4.78 is 0. The third kappa shape index (κ3) is 5.97. The molecule has 0 aliphatic heterocycles. The Morgan fingerprint density at radius 3 is 1.62 bits per heavy atom. The van der Waals surface area contributed by atoms with Crippen molar-refractivity contribution in [3.8, 4) is 0 Å². The minimum atomic E-state index is 1.31. The molecular formula is C15H21N. The van der Waals surface area contributed by atoms with E-state index < -0.39 is 0 Å². The zero-order valence-corrected chi connectivity index (χ0v) is 10.6. The lowest BCUT2D eigenvalue weighted by molar-refractivity contribution is 1.50. The van der Waals surface area contributed by atoms with Crippen LogP contribution in [0.5, 0.6) is 0 Å². The summed E-state index contributed by atoms with van der Waals surface area (Å²) in [5.41, 5.74) is 0. The van der Waals surface area contributed by atoms with E-state index in [1.54, 1.807) is 12.4 Å². The molecule has 0 amide bonds. The van der Waals surface area contributed by atoms with E-state index in [4.69, 9.17) is 0 Å². The third-order valence-corrected chi connectivity index (χ3v) is 2.00. The summed E-state index contributed by atoms with van der Waals surface area (Å²) in [6, 6.07) is 8.36. The quantitative estimate of drug-likeness (QED) is 0.639. The van der Waals surface area contributed by atoms with Crippen LogP contribution >= 0.6 is 0 Å². The van der Waals surface area contributed by atoms with Crippen LogP contribution in [-0.4, -0.2) is 6.21 Å². The second kappa shape index (κ2) is 9.91. The first-order valence-electron chi connectivity index (χ1n) is 5.56. The summed E-state index contributed by atoms with van der Waals surface area (Å²) in [5.74, 6) is 0. The molecule has 0 heterocycles. The molecule has 0 bridgehead atoms. The van der Waals surface area contributed by atoms with E-state index >= 15 is 0 Å². The highest BCUT2D eigenvalue weighted by molar-refractivity contribution is 5.54. The Hall–Kier alpha value is -1.63. The average molecular weight is 215 g/mol. The van der Waals surface area contributed by atoms with Gasteiger partial charge in [-0.05, 0) is 38.1 Å². The molecule has 0 aliphatic rings. The lowest BCUT2D eigenvalue weighted by Gasteiger charge is -1.85. The Morgan fingerprint density at radius 1 is 0.875 bits per heavy atom. The Labute approximate surface area is 98.5 Å². The van der Waals surface area contributed by atoms with Crippen LogP contribution in [0, 0.1) is 0 Å². The Morgan fingerprint density at radius 2 is 1.38 bits per heavy atom. The monoisotopic (exact) mass is 215 g/mol. The normalized spacial score (nSPS) is 13.2. The van der Waals surface area contributed by atoms with E-state index in [0.29, 0.717) is 0 Å². The summed E-state index contributed by atoms with van der Waals surface area (Å²) >= 11 is 0. The predicted molar refractivity (Wildman–Crippen MR) is 75.0 cm³/mol. The minimum absolute atomic E-state index is 1.31. The van der Waals surface area contributed by atoms with Gasteiger partial charge in [0.1, 0.15) is 0 Å². The number of nitrogens with zero attached hydrogens (tertiary/aromatic N) is 1. The second-order valence-electron chi connectivity index (χ2n) is 3.10. The maximum atomic E-state index is 3.78. The zero-order chi connectivity index (χ0) is 12.2. The van der Waals surface area contributed by atoms with E-state index in [1.165, 1.54) is 10.4 Å². The molecule has 1 aromatic rings. The molecule has 0 unspecified atom stereocenters. The predicted octanol–water partition coefficient (Wildman–Crippen LogP) is 2.90. The van der Waals surface area contributed by atoms with Crippen molar-refractivity contribution in [3.05, 3.63) is 47.0 Å². The molecule has 1 heteroatoms. The lowest BCUT2D eigenvalue weighted by atomic mass is 10.2. The van der Waals surface area contributed by atoms with Crippen LogP contribution in [0.25, 0.3) is 12.2 Å². The molecule has 0 saturated heterocycles. The fourth-order valence-electron chi connectivity index (χ4n) is 1.21. The first-order valence-corrected chi connectivity index (χ1v) is 5.56. The van der Waals surface area contributed by atoms with Gasteiger partial charge in [-0.3, -0.25) is 4.99 Å². The van der Waals surface area contributed by atoms with Crippen molar-refractivity contribution < 1.29 is 0 Å². The van der Waals surface area contributed by atoms with Gasteiger partial charge in [0.05, 0.1) is 0 Å². The van der Waals surface area contributed by atoms with E-state index in [0.717, 1.165) is 0 Å². The maximum absolute atomic E-state index is 3.78. The number of allylic oxidation sites excluding steroid dienone is 1. The molecule has 1 rings (SSSR count). The number of aliphatic imine (C=N–C) groups is 1. The van der Waals surface area contributed by atoms with Gasteiger partial charge in [0.2, 0.25) is 0 Å². The van der Waals surface area contributed by atoms with Crippen molar-refractivity contribution in [2.45, 2.75) is 27.7 Å². The van der Waals surface area contributed by atoms with Crippen LogP contribution in [0.3, 0.4) is 0 Å². The smallest absolute Gasteiger partial charge is 0.0221 e. The molecule has 0 aromatic heterocycles. The van der Waals surface area contributed by atoms with Gasteiger partial charge in [-0.2, -0.15) is 0 Å². The molecule has 1 nitrogen and oxygen atoms in total. The van der Waals surface area contributed by atoms with Crippen molar-refractivity contribution >= 4 is 18.4 Å². The highest BCUT2D eigenvalue weighted by Gasteiger charge is 1.77. The van der Waals surface area contributed by atoms with Crippen molar-refractivity contribution in [2.24, 2.45) is 4.99 Å². The summed E-state index contributed by atoms with van der Waals surface area (Å²) in [6.45, 7) is 7.94. The van der Waals surface area contributed by atoms with Gasteiger partial charge in [0.15, 0.2) is 0 Å². The summed E-state index contributed by atoms with van der Waals surface area (Å²) in [6.07, 6.45) is 9.63. The van der Waals surface area contributed by atoms with Crippen LogP contribution in [0.2, 0.25) is 0 Å². The summed E-state index contributed by atoms with van der Waals surface area (Å²) in [7, 11) is 0. The second-order valence-corrected chi connectivity index (χ2v) is 3.10. The van der Waals surface area contributed by atoms with Crippen LogP contribution in [-0.2, 0) is 0 Å². The fraction of sp³-hybridized carbons (Fsp3) is 0.267. The summed E-state index contributed by atoms with van der Waals surface area (Å²) in [5, 5.41) is 2.62. The topological polar surface area (TPSA) is 12.4 Å². The SMILES string of the molecule is C/C=c1/cccc/c1=C/C.CC=N/C=C\C. The van der Waals surface area contributed by atoms with E-state index in [9.17, 15) is 0 Å². The molecule has 0 atom stereocenters. The zero-order valence-electron chi connectivity index (χ0n) is 10.6. The Balaban J connectivity index is 0.000000325. The van der Waals surface area contributed by atoms with E-state index in [1.807, 2.05) is 19.9 Å². The molecule has 0 radical (unpaired) electrons. The minimum Gasteiger partial charge on any atom is -0.270 e. The molecule has 1 aromatic carbocycles. The lowest BCUT2D eigenvalue weighted by Crippen LogP contribution is -2.22. The van der Waals surface area contributed by atoms with Gasteiger partial charge >= 0.3 is 0 Å². The largest absolute Gasteiger partial charge is 0.270 e. The van der Waals surface area contributed by atoms with Crippen molar-refractivity contribution in [1.29, 1.82) is 0 Å². The number of hydrogen-bond acceptors (Lipinski definition) is 1. The van der Waals surface area contributed by atoms with Crippen LogP contribution < -0.4 is 10.4 Å². The Bertz CT molecular complexity index is 396. The molecule has 86 valence electrons. The van der Waals surface area contributed by atoms with Gasteiger partial charge < -0.3 is 0 Å². The Kier molecular flexibility index (Phi) is 8.90. The molecule has 0 aliphatic carbocycles. The molecular weight excluding hydrogens is 194 g/mol. The van der Waals surface area contributed by atoms with Gasteiger partial charge in [0, 0.05) is 12.4 Å². The van der Waals surface area contributed by atoms with Crippen molar-refractivity contribution in [1.82, 2.24) is 0 Å². The van der Waals surface area contributed by atoms with E-state index in [2.05, 4.69) is 55.3 Å². The van der Waals surface area contributed by atoms with Crippen LogP contribution in [0.4, 0.5) is 0 Å². The standard InChI is InChI=1S/C10H12.C5H9N/c1-3-9-7-5-6-8-10(9)4-2;1-3-5-6-4-2/h3-8H,1-2H3;3-5H,1-2H3/b9-3-,10-4-;5-3-,6-4?. The highest BCUT2D eigenvalue weighted by Crippen LogP contribution is 1.71. The molecule has 0 N–H and O–H groups in total. The van der Waals surface area contributed by atoms with Gasteiger partial charge in [-0.25, -0.2) is 0 Å². The molecule has 0 spiro atoms. The molecule has 0 saturated carbocycles. The van der Waals surface area contributed by atoms with Crippen LogP contribution in [0.1, 0.15) is 27.7 Å². The number of hydrogen-bond donors (Lipinski definition) is 0. The van der Waals surface area contributed by atoms with Crippen LogP contribution in [0.15, 0.2) is 41.5 Å². The maximum Gasteiger partial charge on any atom is 0.0221 e. The first-order chi connectivity index (χ1) is 7.79. The van der Waals surface area contributed by atoms with Gasteiger partial charge in [-0.1, -0.05) is 42.5 Å². The first kappa shape index (κ1) is 14.4. The van der Waals surface area contributed by atoms with E-state index in [-0.39, 0.29) is 0 Å². The molecule has 16 heavy (non-hydrogen) atoms. The fourth-order valence-corrected chi connectivity index (χ4v) is 1.21. The third-order valence-electron chi connectivity index (χ3n) is 2.00. The molecule has 0 fully saturated rings. The van der Waals surface area contributed by atoms with Gasteiger partial charge in [0.25, 0.3) is 0 Å². The van der Waals surface area contributed by atoms with Crippen molar-refractivity contribution in [3.63, 3.8) is 0 Å². The summed E-state index contributed by atoms with van der Waals surface area (Å²) in [4.78, 5) is 3.78.